The van der Waals surface area contributed by atoms with Gasteiger partial charge in [0.15, 0.2) is 0 Å². The molecule has 1 aromatic heterocycles. The minimum Gasteiger partial charge on any atom is -0.326 e. The number of nitrogens with two attached hydrogens (primary N) is 1. The SMILES string of the molecule is Cn1cnnc1CCNS(=O)(=O)Cc1ccccc1CN. The number of benzene rings is 1. The maximum Gasteiger partial charge on any atom is 0.215 e. The molecule has 0 saturated heterocycles. The summed E-state index contributed by atoms with van der Waals surface area (Å²) in [6.07, 6.45) is 2.08. The standard InChI is InChI=1S/C13H19N5O2S/c1-18-10-15-17-13(18)6-7-16-21(19,20)9-12-5-3-2-4-11(12)8-14/h2-5,10,16H,6-9,14H2,1H3. The fourth-order valence-corrected chi connectivity index (χ4v) is 3.21. The van der Waals surface area contributed by atoms with Crippen LogP contribution in [0.2, 0.25) is 0 Å². The molecule has 0 radical (unpaired) electrons. The van der Waals surface area contributed by atoms with E-state index < -0.39 is 10.0 Å². The molecule has 0 aliphatic heterocycles. The first kappa shape index (κ1) is 15.6. The Morgan fingerprint density at radius 1 is 1.29 bits per heavy atom. The van der Waals surface area contributed by atoms with E-state index in [9.17, 15) is 8.42 Å². The topological polar surface area (TPSA) is 103 Å². The van der Waals surface area contributed by atoms with Crippen LogP contribution in [-0.4, -0.2) is 29.7 Å². The average molecular weight is 309 g/mol. The molecular weight excluding hydrogens is 290 g/mol. The zero-order valence-electron chi connectivity index (χ0n) is 11.9. The first-order chi connectivity index (χ1) is 10.0. The quantitative estimate of drug-likeness (QED) is 0.745. The molecule has 0 spiro atoms. The van der Waals surface area contributed by atoms with Gasteiger partial charge >= 0.3 is 0 Å². The van der Waals surface area contributed by atoms with Crippen molar-refractivity contribution < 1.29 is 8.42 Å². The van der Waals surface area contributed by atoms with Crippen molar-refractivity contribution in [2.24, 2.45) is 12.8 Å². The normalized spacial score (nSPS) is 11.7. The van der Waals surface area contributed by atoms with Crippen molar-refractivity contribution in [3.63, 3.8) is 0 Å². The van der Waals surface area contributed by atoms with Gasteiger partial charge in [-0.25, -0.2) is 13.1 Å². The van der Waals surface area contributed by atoms with Gasteiger partial charge in [0.05, 0.1) is 5.75 Å². The summed E-state index contributed by atoms with van der Waals surface area (Å²) >= 11 is 0. The van der Waals surface area contributed by atoms with Gasteiger partial charge in [0.2, 0.25) is 10.0 Å². The van der Waals surface area contributed by atoms with E-state index in [2.05, 4.69) is 14.9 Å². The van der Waals surface area contributed by atoms with Crippen molar-refractivity contribution in [2.75, 3.05) is 6.54 Å². The lowest BCUT2D eigenvalue weighted by Gasteiger charge is -2.09. The third-order valence-corrected chi connectivity index (χ3v) is 4.49. The smallest absolute Gasteiger partial charge is 0.215 e. The molecule has 0 atom stereocenters. The maximum atomic E-state index is 12.1. The number of nitrogens with zero attached hydrogens (tertiary/aromatic N) is 3. The predicted molar refractivity (Wildman–Crippen MR) is 79.7 cm³/mol. The number of aromatic nitrogens is 3. The van der Waals surface area contributed by atoms with E-state index in [0.29, 0.717) is 19.5 Å². The summed E-state index contributed by atoms with van der Waals surface area (Å²) in [7, 11) is -1.58. The van der Waals surface area contributed by atoms with Gasteiger partial charge in [-0.1, -0.05) is 24.3 Å². The molecule has 0 bridgehead atoms. The van der Waals surface area contributed by atoms with Crippen LogP contribution < -0.4 is 10.5 Å². The molecule has 0 fully saturated rings. The van der Waals surface area contributed by atoms with E-state index in [-0.39, 0.29) is 5.75 Å². The van der Waals surface area contributed by atoms with E-state index in [1.54, 1.807) is 17.0 Å². The Morgan fingerprint density at radius 2 is 2.00 bits per heavy atom. The molecule has 0 aliphatic carbocycles. The van der Waals surface area contributed by atoms with Crippen LogP contribution in [0.5, 0.6) is 0 Å². The minimum absolute atomic E-state index is 0.0702. The summed E-state index contributed by atoms with van der Waals surface area (Å²) in [5, 5.41) is 7.66. The second kappa shape index (κ2) is 6.79. The highest BCUT2D eigenvalue weighted by Gasteiger charge is 2.13. The molecule has 0 aliphatic rings. The largest absolute Gasteiger partial charge is 0.326 e. The lowest BCUT2D eigenvalue weighted by Crippen LogP contribution is -2.28. The maximum absolute atomic E-state index is 12.1. The van der Waals surface area contributed by atoms with Crippen LogP contribution in [0, 0.1) is 0 Å². The van der Waals surface area contributed by atoms with Gasteiger partial charge in [-0.05, 0) is 11.1 Å². The Labute approximate surface area is 124 Å². The van der Waals surface area contributed by atoms with Gasteiger partial charge in [-0.2, -0.15) is 0 Å². The van der Waals surface area contributed by atoms with Crippen LogP contribution >= 0.6 is 0 Å². The number of hydrogen-bond acceptors (Lipinski definition) is 5. The molecule has 8 heteroatoms. The van der Waals surface area contributed by atoms with Crippen LogP contribution in [0.1, 0.15) is 17.0 Å². The third kappa shape index (κ3) is 4.35. The monoisotopic (exact) mass is 309 g/mol. The fraction of sp³-hybridized carbons (Fsp3) is 0.385. The van der Waals surface area contributed by atoms with Gasteiger partial charge in [0.1, 0.15) is 12.2 Å². The zero-order chi connectivity index (χ0) is 15.3. The highest BCUT2D eigenvalue weighted by atomic mass is 32.2. The van der Waals surface area contributed by atoms with E-state index in [1.807, 2.05) is 25.2 Å². The van der Waals surface area contributed by atoms with Gasteiger partial charge in [0, 0.05) is 26.6 Å². The molecular formula is C13H19N5O2S. The number of nitrogens with one attached hydrogen (secondary N) is 1. The summed E-state index contributed by atoms with van der Waals surface area (Å²) in [6.45, 7) is 0.615. The van der Waals surface area contributed by atoms with Crippen molar-refractivity contribution in [1.29, 1.82) is 0 Å². The summed E-state index contributed by atoms with van der Waals surface area (Å²) in [5.41, 5.74) is 7.19. The summed E-state index contributed by atoms with van der Waals surface area (Å²) in [5.74, 6) is 0.666. The third-order valence-electron chi connectivity index (χ3n) is 3.16. The van der Waals surface area contributed by atoms with Crippen molar-refractivity contribution in [2.45, 2.75) is 18.7 Å². The summed E-state index contributed by atoms with van der Waals surface area (Å²) in [6, 6.07) is 7.28. The first-order valence-electron chi connectivity index (χ1n) is 6.59. The van der Waals surface area contributed by atoms with Crippen LogP contribution in [0.4, 0.5) is 0 Å². The molecule has 7 nitrogen and oxygen atoms in total. The highest BCUT2D eigenvalue weighted by molar-refractivity contribution is 7.88. The molecule has 21 heavy (non-hydrogen) atoms. The van der Waals surface area contributed by atoms with E-state index in [1.165, 1.54) is 0 Å². The molecule has 2 rings (SSSR count). The van der Waals surface area contributed by atoms with Gasteiger partial charge in [-0.15, -0.1) is 10.2 Å². The van der Waals surface area contributed by atoms with Gasteiger partial charge < -0.3 is 10.3 Å². The van der Waals surface area contributed by atoms with Crippen molar-refractivity contribution in [1.82, 2.24) is 19.5 Å². The lowest BCUT2D eigenvalue weighted by molar-refractivity contribution is 0.579. The van der Waals surface area contributed by atoms with Crippen molar-refractivity contribution in [3.05, 3.63) is 47.5 Å². The first-order valence-corrected chi connectivity index (χ1v) is 8.24. The second-order valence-electron chi connectivity index (χ2n) is 4.73. The van der Waals surface area contributed by atoms with Crippen LogP contribution in [0.25, 0.3) is 0 Å². The molecule has 114 valence electrons. The Hall–Kier alpha value is -1.77. The second-order valence-corrected chi connectivity index (χ2v) is 6.54. The predicted octanol–water partition coefficient (Wildman–Crippen LogP) is -0.0641. The molecule has 3 N–H and O–H groups in total. The number of rotatable bonds is 7. The fourth-order valence-electron chi connectivity index (χ4n) is 2.00. The highest BCUT2D eigenvalue weighted by Crippen LogP contribution is 2.11. The molecule has 1 heterocycles. The molecule has 0 amide bonds. The summed E-state index contributed by atoms with van der Waals surface area (Å²) < 4.78 is 28.5. The Morgan fingerprint density at radius 3 is 2.62 bits per heavy atom. The van der Waals surface area contributed by atoms with Crippen molar-refractivity contribution >= 4 is 10.0 Å². The van der Waals surface area contributed by atoms with Gasteiger partial charge in [0.25, 0.3) is 0 Å². The van der Waals surface area contributed by atoms with Crippen LogP contribution in [-0.2, 0) is 35.8 Å². The summed E-state index contributed by atoms with van der Waals surface area (Å²) in [4.78, 5) is 0. The minimum atomic E-state index is -3.40. The Kier molecular flexibility index (Phi) is 5.05. The molecule has 0 saturated carbocycles. The van der Waals surface area contributed by atoms with Crippen LogP contribution in [0.3, 0.4) is 0 Å². The number of aryl methyl sites for hydroxylation is 1. The zero-order valence-corrected chi connectivity index (χ0v) is 12.7. The Bertz CT molecular complexity index is 696. The van der Waals surface area contributed by atoms with E-state index in [0.717, 1.165) is 17.0 Å². The number of hydrogen-bond donors (Lipinski definition) is 2. The van der Waals surface area contributed by atoms with Crippen molar-refractivity contribution in [3.8, 4) is 0 Å². The molecule has 2 aromatic rings. The van der Waals surface area contributed by atoms with E-state index in [4.69, 9.17) is 5.73 Å². The van der Waals surface area contributed by atoms with Crippen LogP contribution in [0.15, 0.2) is 30.6 Å². The van der Waals surface area contributed by atoms with E-state index >= 15 is 0 Å². The lowest BCUT2D eigenvalue weighted by atomic mass is 10.1. The number of sulfonamides is 1. The van der Waals surface area contributed by atoms with Gasteiger partial charge in [-0.3, -0.25) is 0 Å². The Balaban J connectivity index is 1.94. The molecule has 0 unspecified atom stereocenters. The molecule has 1 aromatic carbocycles. The average Bonchev–Trinajstić information content (AvgIpc) is 2.84.